The summed E-state index contributed by atoms with van der Waals surface area (Å²) in [4.78, 5) is 21.9. The molecule has 1 aliphatic rings. The number of hydrogen-bond donors (Lipinski definition) is 0. The van der Waals surface area contributed by atoms with E-state index in [1.807, 2.05) is 41.7 Å². The fraction of sp³-hybridized carbons (Fsp3) is 0.550. The monoisotopic (exact) mass is 673 g/mol. The van der Waals surface area contributed by atoms with Crippen molar-refractivity contribution in [2.75, 3.05) is 51.0 Å². The van der Waals surface area contributed by atoms with Crippen LogP contribution in [0.3, 0.4) is 0 Å². The Hall–Kier alpha value is -3.36. The van der Waals surface area contributed by atoms with Gasteiger partial charge in [-0.15, -0.1) is 11.3 Å². The smallest absolute Gasteiger partial charge is 0.308 e. The SMILES string of the molecule is CCCCCCCCCCCCCC(=O)OCOc1ccc2ccc(OCCCCN3CCN(c4cccc5sccc45)CC3)cc2n1. The number of rotatable bonds is 22. The number of piperazine rings is 1. The average Bonchev–Trinajstić information content (AvgIpc) is 3.60. The van der Waals surface area contributed by atoms with Crippen molar-refractivity contribution in [1.82, 2.24) is 9.88 Å². The lowest BCUT2D eigenvalue weighted by Gasteiger charge is -2.36. The molecular weight excluding hydrogens is 619 g/mol. The van der Waals surface area contributed by atoms with Gasteiger partial charge in [0, 0.05) is 65.9 Å². The number of thiophene rings is 1. The molecule has 0 bridgehead atoms. The maximum absolute atomic E-state index is 12.1. The molecule has 1 saturated heterocycles. The molecule has 2 aromatic heterocycles. The molecule has 7 nitrogen and oxygen atoms in total. The predicted octanol–water partition coefficient (Wildman–Crippen LogP) is 10.0. The van der Waals surface area contributed by atoms with Gasteiger partial charge < -0.3 is 19.1 Å². The zero-order chi connectivity index (χ0) is 33.2. The summed E-state index contributed by atoms with van der Waals surface area (Å²) < 4.78 is 18.4. The molecule has 0 N–H and O–H groups in total. The number of aromatic nitrogens is 1. The Morgan fingerprint density at radius 1 is 0.792 bits per heavy atom. The van der Waals surface area contributed by atoms with Gasteiger partial charge in [0.2, 0.25) is 12.7 Å². The van der Waals surface area contributed by atoms with Crippen LogP contribution in [0, 0.1) is 0 Å². The van der Waals surface area contributed by atoms with Gasteiger partial charge in [-0.05, 0) is 67.6 Å². The Bertz CT molecular complexity index is 1520. The van der Waals surface area contributed by atoms with Crippen molar-refractivity contribution in [2.24, 2.45) is 0 Å². The number of unbranched alkanes of at least 4 members (excludes halogenated alkanes) is 11. The second kappa shape index (κ2) is 20.2. The van der Waals surface area contributed by atoms with Crippen LogP contribution in [0.5, 0.6) is 11.6 Å². The molecule has 0 atom stereocenters. The minimum absolute atomic E-state index is 0.120. The van der Waals surface area contributed by atoms with Crippen LogP contribution in [0.15, 0.2) is 60.0 Å². The van der Waals surface area contributed by atoms with Gasteiger partial charge in [-0.2, -0.15) is 0 Å². The first-order chi connectivity index (χ1) is 23.7. The molecule has 0 aliphatic carbocycles. The van der Waals surface area contributed by atoms with Crippen LogP contribution in [-0.4, -0.2) is 62.0 Å². The van der Waals surface area contributed by atoms with E-state index in [0.29, 0.717) is 18.9 Å². The van der Waals surface area contributed by atoms with E-state index in [4.69, 9.17) is 14.2 Å². The second-order valence-electron chi connectivity index (χ2n) is 13.1. The first-order valence-corrected chi connectivity index (χ1v) is 19.3. The van der Waals surface area contributed by atoms with Crippen molar-refractivity contribution in [3.8, 4) is 11.6 Å². The van der Waals surface area contributed by atoms with Crippen molar-refractivity contribution in [3.63, 3.8) is 0 Å². The highest BCUT2D eigenvalue weighted by atomic mass is 32.1. The molecule has 1 aliphatic heterocycles. The van der Waals surface area contributed by atoms with Crippen LogP contribution in [0.1, 0.15) is 96.8 Å². The van der Waals surface area contributed by atoms with Gasteiger partial charge in [-0.1, -0.05) is 77.2 Å². The summed E-state index contributed by atoms with van der Waals surface area (Å²) >= 11 is 1.82. The van der Waals surface area contributed by atoms with E-state index in [-0.39, 0.29) is 12.8 Å². The maximum Gasteiger partial charge on any atom is 0.308 e. The van der Waals surface area contributed by atoms with Crippen LogP contribution < -0.4 is 14.4 Å². The molecule has 0 amide bonds. The van der Waals surface area contributed by atoms with Gasteiger partial charge >= 0.3 is 5.97 Å². The third-order valence-electron chi connectivity index (χ3n) is 9.37. The number of esters is 1. The van der Waals surface area contributed by atoms with Crippen LogP contribution in [0.4, 0.5) is 5.69 Å². The standard InChI is InChI=1S/C40H55N3O4S/c1-2-3-4-5-6-7-8-9-10-11-12-18-40(44)47-32-46-39-22-20-33-19-21-34(31-36(33)41-39)45-29-14-13-24-42-25-27-43(28-26-42)37-16-15-17-38-35(37)23-30-48-38/h15-17,19-23,30-31H,2-14,18,24-29,32H2,1H3. The first-order valence-electron chi connectivity index (χ1n) is 18.4. The molecule has 5 rings (SSSR count). The van der Waals surface area contributed by atoms with Gasteiger partial charge in [-0.3, -0.25) is 9.69 Å². The number of carbonyl (C=O) groups excluding carboxylic acids is 1. The number of ether oxygens (including phenoxy) is 3. The van der Waals surface area contributed by atoms with Crippen molar-refractivity contribution in [1.29, 1.82) is 0 Å². The molecule has 48 heavy (non-hydrogen) atoms. The third-order valence-corrected chi connectivity index (χ3v) is 10.3. The number of benzene rings is 2. The number of carbonyl (C=O) groups is 1. The number of nitrogens with zero attached hydrogens (tertiary/aromatic N) is 3. The summed E-state index contributed by atoms with van der Waals surface area (Å²) in [5, 5.41) is 4.58. The highest BCUT2D eigenvalue weighted by molar-refractivity contribution is 7.17. The van der Waals surface area contributed by atoms with E-state index < -0.39 is 0 Å². The summed E-state index contributed by atoms with van der Waals surface area (Å²) in [7, 11) is 0. The Balaban J connectivity index is 0.913. The molecular formula is C40H55N3O4S. The quantitative estimate of drug-likeness (QED) is 0.0467. The van der Waals surface area contributed by atoms with E-state index in [1.54, 1.807) is 0 Å². The van der Waals surface area contributed by atoms with Crippen LogP contribution in [-0.2, 0) is 9.53 Å². The van der Waals surface area contributed by atoms with Crippen LogP contribution >= 0.6 is 11.3 Å². The minimum Gasteiger partial charge on any atom is -0.494 e. The van der Waals surface area contributed by atoms with Gasteiger partial charge in [0.25, 0.3) is 0 Å². The maximum atomic E-state index is 12.1. The lowest BCUT2D eigenvalue weighted by molar-refractivity contribution is -0.150. The molecule has 2 aromatic carbocycles. The zero-order valence-electron chi connectivity index (χ0n) is 29.0. The lowest BCUT2D eigenvalue weighted by Crippen LogP contribution is -2.46. The number of pyridine rings is 1. The largest absolute Gasteiger partial charge is 0.494 e. The van der Waals surface area contributed by atoms with Crippen molar-refractivity contribution in [3.05, 3.63) is 60.0 Å². The van der Waals surface area contributed by atoms with E-state index >= 15 is 0 Å². The normalized spacial score (nSPS) is 13.7. The molecule has 260 valence electrons. The van der Waals surface area contributed by atoms with Gasteiger partial charge in [-0.25, -0.2) is 4.98 Å². The van der Waals surface area contributed by atoms with Crippen molar-refractivity contribution in [2.45, 2.75) is 96.8 Å². The molecule has 0 unspecified atom stereocenters. The van der Waals surface area contributed by atoms with Gasteiger partial charge in [0.05, 0.1) is 12.1 Å². The number of hydrogen-bond acceptors (Lipinski definition) is 8. The fourth-order valence-electron chi connectivity index (χ4n) is 6.50. The van der Waals surface area contributed by atoms with Gasteiger partial charge in [0.1, 0.15) is 5.75 Å². The summed E-state index contributed by atoms with van der Waals surface area (Å²) in [5.74, 6) is 1.03. The summed E-state index contributed by atoms with van der Waals surface area (Å²) in [5.41, 5.74) is 2.17. The molecule has 8 heteroatoms. The summed E-state index contributed by atoms with van der Waals surface area (Å²) in [6.45, 7) is 8.26. The van der Waals surface area contributed by atoms with Crippen LogP contribution in [0.2, 0.25) is 0 Å². The van der Waals surface area contributed by atoms with E-state index in [0.717, 1.165) is 75.1 Å². The molecule has 1 fully saturated rings. The average molecular weight is 674 g/mol. The Kier molecular flexibility index (Phi) is 15.1. The van der Waals surface area contributed by atoms with Gasteiger partial charge in [0.15, 0.2) is 0 Å². The highest BCUT2D eigenvalue weighted by Crippen LogP contribution is 2.31. The van der Waals surface area contributed by atoms with Crippen LogP contribution in [0.25, 0.3) is 21.0 Å². The van der Waals surface area contributed by atoms with Crippen molar-refractivity contribution >= 4 is 44.0 Å². The summed E-state index contributed by atoms with van der Waals surface area (Å²) in [6.07, 6.45) is 16.4. The number of anilines is 1. The lowest BCUT2D eigenvalue weighted by atomic mass is 10.1. The molecule has 4 aromatic rings. The first kappa shape index (κ1) is 35.9. The molecule has 0 spiro atoms. The Morgan fingerprint density at radius 3 is 2.33 bits per heavy atom. The third kappa shape index (κ3) is 11.7. The van der Waals surface area contributed by atoms with E-state index in [2.05, 4.69) is 51.4 Å². The predicted molar refractivity (Wildman–Crippen MR) is 200 cm³/mol. The molecule has 0 saturated carbocycles. The van der Waals surface area contributed by atoms with E-state index in [1.165, 1.54) is 73.6 Å². The minimum atomic E-state index is -0.211. The zero-order valence-corrected chi connectivity index (χ0v) is 29.8. The van der Waals surface area contributed by atoms with Crippen molar-refractivity contribution < 1.29 is 19.0 Å². The Labute approximate surface area is 291 Å². The molecule has 3 heterocycles. The highest BCUT2D eigenvalue weighted by Gasteiger charge is 2.18. The van der Waals surface area contributed by atoms with E-state index in [9.17, 15) is 4.79 Å². The molecule has 0 radical (unpaired) electrons. The topological polar surface area (TPSA) is 64.1 Å². The Morgan fingerprint density at radius 2 is 1.54 bits per heavy atom. The number of fused-ring (bicyclic) bond motifs is 2. The fourth-order valence-corrected chi connectivity index (χ4v) is 7.31. The summed E-state index contributed by atoms with van der Waals surface area (Å²) in [6, 6.07) is 18.6. The second-order valence-corrected chi connectivity index (χ2v) is 14.0.